The molecule has 1 unspecified atom stereocenters. The van der Waals surface area contributed by atoms with E-state index in [1.54, 1.807) is 25.2 Å². The SMILES string of the molecule is CC1=CCC(C(C)=Cc2csc(C)n2)O[C@H](O)C[C@H](O)C(C)(C)[C@H](O)[C@H](C)[C@@H](O)[C@@H](C)CCC1. The molecule has 0 bridgehead atoms. The summed E-state index contributed by atoms with van der Waals surface area (Å²) in [7, 11) is 0. The highest BCUT2D eigenvalue weighted by Gasteiger charge is 2.42. The second-order valence-corrected chi connectivity index (χ2v) is 11.8. The number of ether oxygens (including phenoxy) is 1. The lowest BCUT2D eigenvalue weighted by molar-refractivity contribution is -0.167. The fourth-order valence-corrected chi connectivity index (χ4v) is 5.30. The molecule has 1 aromatic heterocycles. The fraction of sp³-hybridized carbons (Fsp3) is 0.741. The standard InChI is InChI=1S/C27H45NO5S/c1-16-9-8-10-17(2)25(31)19(4)26(32)27(6,7)23(29)14-24(30)33-22(12-11-16)18(3)13-21-15-34-20(5)28-21/h11,13,15,17,19,22-26,29-32H,8-10,12,14H2,1-7H3/t17-,19+,22?,23-,24-,25-,26+/m0/s1. The molecule has 1 aromatic rings. The summed E-state index contributed by atoms with van der Waals surface area (Å²) in [4.78, 5) is 4.50. The first-order valence-corrected chi connectivity index (χ1v) is 13.3. The van der Waals surface area contributed by atoms with Gasteiger partial charge in [-0.15, -0.1) is 11.3 Å². The molecule has 1 aliphatic heterocycles. The minimum atomic E-state index is -1.20. The summed E-state index contributed by atoms with van der Waals surface area (Å²) in [5.41, 5.74) is 2.13. The van der Waals surface area contributed by atoms with Crippen LogP contribution in [0, 0.1) is 24.2 Å². The van der Waals surface area contributed by atoms with E-state index < -0.39 is 35.9 Å². The average Bonchev–Trinajstić information content (AvgIpc) is 3.18. The van der Waals surface area contributed by atoms with Crippen molar-refractivity contribution in [3.05, 3.63) is 33.3 Å². The van der Waals surface area contributed by atoms with Crippen molar-refractivity contribution in [1.82, 2.24) is 4.98 Å². The van der Waals surface area contributed by atoms with E-state index in [1.807, 2.05) is 39.2 Å². The number of aromatic nitrogens is 1. The molecule has 7 atom stereocenters. The molecule has 0 radical (unpaired) electrons. The minimum absolute atomic E-state index is 0.0340. The van der Waals surface area contributed by atoms with Gasteiger partial charge in [0.05, 0.1) is 35.1 Å². The highest BCUT2D eigenvalue weighted by Crippen LogP contribution is 2.36. The van der Waals surface area contributed by atoms with Gasteiger partial charge in [0, 0.05) is 23.1 Å². The number of aliphatic hydroxyl groups excluding tert-OH is 4. The van der Waals surface area contributed by atoms with Crippen LogP contribution in [0.3, 0.4) is 0 Å². The third-order valence-electron chi connectivity index (χ3n) is 7.42. The molecule has 0 saturated carbocycles. The van der Waals surface area contributed by atoms with Gasteiger partial charge in [0.2, 0.25) is 0 Å². The van der Waals surface area contributed by atoms with E-state index in [0.717, 1.165) is 35.5 Å². The maximum atomic E-state index is 11.0. The van der Waals surface area contributed by atoms with Crippen LogP contribution in [0.5, 0.6) is 0 Å². The molecule has 194 valence electrons. The van der Waals surface area contributed by atoms with E-state index >= 15 is 0 Å². The predicted molar refractivity (Wildman–Crippen MR) is 138 cm³/mol. The molecule has 2 rings (SSSR count). The third kappa shape index (κ3) is 7.97. The van der Waals surface area contributed by atoms with E-state index in [2.05, 4.69) is 18.0 Å². The van der Waals surface area contributed by atoms with Crippen molar-refractivity contribution < 1.29 is 25.2 Å². The lowest BCUT2D eigenvalue weighted by Gasteiger charge is -2.41. The number of hydrogen-bond donors (Lipinski definition) is 4. The molecule has 0 fully saturated rings. The van der Waals surface area contributed by atoms with Gasteiger partial charge in [0.1, 0.15) is 0 Å². The van der Waals surface area contributed by atoms with E-state index in [4.69, 9.17) is 4.74 Å². The number of aliphatic hydroxyl groups is 4. The summed E-state index contributed by atoms with van der Waals surface area (Å²) in [5.74, 6) is -0.381. The Labute approximate surface area is 209 Å². The van der Waals surface area contributed by atoms with Gasteiger partial charge in [-0.1, -0.05) is 39.3 Å². The number of allylic oxidation sites excluding steroid dienone is 1. The number of hydrogen-bond acceptors (Lipinski definition) is 7. The van der Waals surface area contributed by atoms with Crippen molar-refractivity contribution in [3.63, 3.8) is 0 Å². The summed E-state index contributed by atoms with van der Waals surface area (Å²) in [6, 6.07) is 0. The number of nitrogens with zero attached hydrogens (tertiary/aromatic N) is 1. The van der Waals surface area contributed by atoms with Crippen LogP contribution in [0.1, 0.15) is 84.3 Å². The zero-order valence-corrected chi connectivity index (χ0v) is 22.7. The van der Waals surface area contributed by atoms with Gasteiger partial charge in [-0.25, -0.2) is 4.98 Å². The van der Waals surface area contributed by atoms with E-state index in [-0.39, 0.29) is 18.4 Å². The second-order valence-electron chi connectivity index (χ2n) is 10.8. The van der Waals surface area contributed by atoms with Crippen LogP contribution >= 0.6 is 11.3 Å². The normalized spacial score (nSPS) is 35.1. The van der Waals surface area contributed by atoms with Gasteiger partial charge in [-0.05, 0) is 64.0 Å². The van der Waals surface area contributed by atoms with Crippen LogP contribution in [0.25, 0.3) is 6.08 Å². The van der Waals surface area contributed by atoms with Crippen LogP contribution < -0.4 is 0 Å². The van der Waals surface area contributed by atoms with Crippen molar-refractivity contribution in [2.45, 2.75) is 111 Å². The molecule has 0 aromatic carbocycles. The molecular formula is C27H45NO5S. The van der Waals surface area contributed by atoms with Crippen molar-refractivity contribution in [3.8, 4) is 0 Å². The summed E-state index contributed by atoms with van der Waals surface area (Å²) >= 11 is 1.59. The maximum absolute atomic E-state index is 11.0. The zero-order chi connectivity index (χ0) is 25.6. The van der Waals surface area contributed by atoms with Crippen molar-refractivity contribution in [2.75, 3.05) is 0 Å². The second kappa shape index (κ2) is 12.7. The Morgan fingerprint density at radius 2 is 1.85 bits per heavy atom. The quantitative estimate of drug-likeness (QED) is 0.438. The smallest absolute Gasteiger partial charge is 0.157 e. The minimum Gasteiger partial charge on any atom is -0.392 e. The van der Waals surface area contributed by atoms with E-state index in [1.165, 1.54) is 5.57 Å². The molecule has 0 saturated heterocycles. The molecule has 4 N–H and O–H groups in total. The Morgan fingerprint density at radius 3 is 2.47 bits per heavy atom. The van der Waals surface area contributed by atoms with Crippen molar-refractivity contribution in [1.29, 1.82) is 0 Å². The first kappa shape index (κ1) is 29.1. The number of thiazole rings is 1. The number of aryl methyl sites for hydroxylation is 1. The Bertz CT molecular complexity index is 833. The molecule has 0 aliphatic carbocycles. The molecule has 0 amide bonds. The molecule has 7 heteroatoms. The molecule has 0 spiro atoms. The maximum Gasteiger partial charge on any atom is 0.157 e. The van der Waals surface area contributed by atoms with Gasteiger partial charge >= 0.3 is 0 Å². The van der Waals surface area contributed by atoms with Crippen LogP contribution in [0.15, 0.2) is 22.6 Å². The van der Waals surface area contributed by atoms with Gasteiger partial charge in [0.15, 0.2) is 6.29 Å². The predicted octanol–water partition coefficient (Wildman–Crippen LogP) is 4.85. The topological polar surface area (TPSA) is 103 Å². The van der Waals surface area contributed by atoms with Gasteiger partial charge in [-0.3, -0.25) is 0 Å². The number of rotatable bonds is 2. The lowest BCUT2D eigenvalue weighted by atomic mass is 9.71. The van der Waals surface area contributed by atoms with Crippen molar-refractivity contribution >= 4 is 17.4 Å². The molecule has 2 heterocycles. The van der Waals surface area contributed by atoms with Crippen molar-refractivity contribution in [2.24, 2.45) is 17.3 Å². The van der Waals surface area contributed by atoms with Crippen LogP contribution in [-0.2, 0) is 4.74 Å². The highest BCUT2D eigenvalue weighted by molar-refractivity contribution is 7.09. The highest BCUT2D eigenvalue weighted by atomic mass is 32.1. The lowest BCUT2D eigenvalue weighted by Crippen LogP contribution is -2.49. The molecule has 34 heavy (non-hydrogen) atoms. The Balaban J connectivity index is 2.31. The first-order valence-electron chi connectivity index (χ1n) is 12.5. The zero-order valence-electron chi connectivity index (χ0n) is 21.9. The Hall–Kier alpha value is -1.09. The third-order valence-corrected chi connectivity index (χ3v) is 8.21. The monoisotopic (exact) mass is 495 g/mol. The summed E-state index contributed by atoms with van der Waals surface area (Å²) in [6.45, 7) is 13.4. The fourth-order valence-electron chi connectivity index (χ4n) is 4.72. The molecular weight excluding hydrogens is 450 g/mol. The largest absolute Gasteiger partial charge is 0.392 e. The van der Waals surface area contributed by atoms with Gasteiger partial charge in [0.25, 0.3) is 0 Å². The van der Waals surface area contributed by atoms with E-state index in [9.17, 15) is 20.4 Å². The van der Waals surface area contributed by atoms with Gasteiger partial charge < -0.3 is 25.2 Å². The first-order chi connectivity index (χ1) is 15.8. The average molecular weight is 496 g/mol. The van der Waals surface area contributed by atoms with Crippen LogP contribution in [-0.4, -0.2) is 56.1 Å². The van der Waals surface area contributed by atoms with Crippen LogP contribution in [0.2, 0.25) is 0 Å². The summed E-state index contributed by atoms with van der Waals surface area (Å²) in [5, 5.41) is 46.6. The van der Waals surface area contributed by atoms with E-state index in [0.29, 0.717) is 6.42 Å². The Morgan fingerprint density at radius 1 is 1.18 bits per heavy atom. The summed E-state index contributed by atoms with van der Waals surface area (Å²) < 4.78 is 6.03. The Kier molecular flexibility index (Phi) is 10.9. The summed E-state index contributed by atoms with van der Waals surface area (Å²) in [6.07, 6.45) is 3.23. The van der Waals surface area contributed by atoms with Gasteiger partial charge in [-0.2, -0.15) is 0 Å². The molecule has 6 nitrogen and oxygen atoms in total. The van der Waals surface area contributed by atoms with Crippen LogP contribution in [0.4, 0.5) is 0 Å². The molecule has 1 aliphatic rings.